The zero-order chi connectivity index (χ0) is 13.1. The minimum Gasteiger partial charge on any atom is -0.397 e. The third-order valence-corrected chi connectivity index (χ3v) is 2.81. The molecule has 0 fully saturated rings. The molecule has 1 amide bonds. The second-order valence-corrected chi connectivity index (χ2v) is 4.02. The molecular weight excluding hydrogens is 228 g/mol. The fraction of sp³-hybridized carbons (Fsp3) is 0.231. The van der Waals surface area contributed by atoms with Crippen LogP contribution in [-0.4, -0.2) is 34.2 Å². The van der Waals surface area contributed by atoms with Crippen molar-refractivity contribution in [3.8, 4) is 5.69 Å². The number of benzene rings is 1. The van der Waals surface area contributed by atoms with Crippen molar-refractivity contribution < 1.29 is 4.79 Å². The fourth-order valence-corrected chi connectivity index (χ4v) is 1.61. The average molecular weight is 244 g/mol. The highest BCUT2D eigenvalue weighted by molar-refractivity contribution is 5.92. The second kappa shape index (κ2) is 4.91. The highest BCUT2D eigenvalue weighted by Gasteiger charge is 2.14. The van der Waals surface area contributed by atoms with Gasteiger partial charge in [-0.05, 0) is 25.1 Å². The van der Waals surface area contributed by atoms with Crippen LogP contribution in [0.5, 0.6) is 0 Å². The molecule has 0 saturated carbocycles. The van der Waals surface area contributed by atoms with Gasteiger partial charge < -0.3 is 10.6 Å². The highest BCUT2D eigenvalue weighted by Crippen LogP contribution is 2.15. The van der Waals surface area contributed by atoms with E-state index < -0.39 is 0 Å². The van der Waals surface area contributed by atoms with Gasteiger partial charge in [-0.1, -0.05) is 12.1 Å². The number of carbonyl (C=O) groups excluding carboxylic acids is 1. The average Bonchev–Trinajstić information content (AvgIpc) is 2.87. The number of nitrogen functional groups attached to an aromatic ring is 1. The molecule has 1 aromatic heterocycles. The van der Waals surface area contributed by atoms with Crippen LogP contribution in [0, 0.1) is 0 Å². The molecule has 1 aromatic carbocycles. The Kier molecular flexibility index (Phi) is 3.32. The zero-order valence-electron chi connectivity index (χ0n) is 10.5. The predicted octanol–water partition coefficient (Wildman–Crippen LogP) is 1.55. The molecule has 0 aliphatic carbocycles. The van der Waals surface area contributed by atoms with Gasteiger partial charge in [-0.25, -0.2) is 4.68 Å². The summed E-state index contributed by atoms with van der Waals surface area (Å²) < 4.78 is 1.62. The maximum absolute atomic E-state index is 11.9. The smallest absolute Gasteiger partial charge is 0.274 e. The Morgan fingerprint density at radius 1 is 1.39 bits per heavy atom. The van der Waals surface area contributed by atoms with Crippen molar-refractivity contribution in [3.63, 3.8) is 0 Å². The molecule has 0 aliphatic rings. The van der Waals surface area contributed by atoms with Gasteiger partial charge in [0, 0.05) is 19.8 Å². The van der Waals surface area contributed by atoms with E-state index in [1.165, 1.54) is 0 Å². The first-order chi connectivity index (χ1) is 8.63. The molecule has 0 unspecified atom stereocenters. The highest BCUT2D eigenvalue weighted by atomic mass is 16.2. The number of hydrogen-bond acceptors (Lipinski definition) is 3. The van der Waals surface area contributed by atoms with Crippen LogP contribution in [0.1, 0.15) is 17.4 Å². The molecule has 0 bridgehead atoms. The summed E-state index contributed by atoms with van der Waals surface area (Å²) in [5, 5.41) is 4.26. The van der Waals surface area contributed by atoms with Crippen LogP contribution in [0.2, 0.25) is 0 Å². The van der Waals surface area contributed by atoms with Crippen molar-refractivity contribution in [2.45, 2.75) is 6.92 Å². The van der Waals surface area contributed by atoms with Crippen LogP contribution in [-0.2, 0) is 0 Å². The molecule has 0 saturated heterocycles. The van der Waals surface area contributed by atoms with Gasteiger partial charge in [-0.15, -0.1) is 0 Å². The summed E-state index contributed by atoms with van der Waals surface area (Å²) in [7, 11) is 1.75. The summed E-state index contributed by atoms with van der Waals surface area (Å²) in [6.07, 6.45) is 1.74. The molecule has 0 spiro atoms. The number of rotatable bonds is 3. The quantitative estimate of drug-likeness (QED) is 0.833. The van der Waals surface area contributed by atoms with E-state index in [-0.39, 0.29) is 5.91 Å². The normalized spacial score (nSPS) is 10.3. The third-order valence-electron chi connectivity index (χ3n) is 2.81. The summed E-state index contributed by atoms with van der Waals surface area (Å²) in [5.41, 5.74) is 7.69. The molecule has 2 rings (SSSR count). The lowest BCUT2D eigenvalue weighted by atomic mass is 10.3. The number of nitrogens with zero attached hydrogens (tertiary/aromatic N) is 3. The van der Waals surface area contributed by atoms with Crippen LogP contribution in [0.4, 0.5) is 5.69 Å². The van der Waals surface area contributed by atoms with Crippen LogP contribution in [0.3, 0.4) is 0 Å². The van der Waals surface area contributed by atoms with Crippen molar-refractivity contribution in [2.24, 2.45) is 0 Å². The molecule has 18 heavy (non-hydrogen) atoms. The standard InChI is InChI=1S/C13H16N4O/c1-3-16(2)13(18)11-8-9-17(15-11)12-7-5-4-6-10(12)14/h4-9H,3,14H2,1-2H3. The monoisotopic (exact) mass is 244 g/mol. The third kappa shape index (κ3) is 2.20. The Morgan fingerprint density at radius 2 is 2.11 bits per heavy atom. The van der Waals surface area contributed by atoms with Crippen LogP contribution in [0.15, 0.2) is 36.5 Å². The molecule has 0 aliphatic heterocycles. The van der Waals surface area contributed by atoms with E-state index in [1.807, 2.05) is 25.1 Å². The van der Waals surface area contributed by atoms with E-state index in [1.54, 1.807) is 35.0 Å². The lowest BCUT2D eigenvalue weighted by Gasteiger charge is -2.12. The Hall–Kier alpha value is -2.30. The molecular formula is C13H16N4O. The predicted molar refractivity (Wildman–Crippen MR) is 70.6 cm³/mol. The van der Waals surface area contributed by atoms with E-state index in [9.17, 15) is 4.79 Å². The fourth-order valence-electron chi connectivity index (χ4n) is 1.61. The number of para-hydroxylation sites is 2. The molecule has 0 atom stereocenters. The Morgan fingerprint density at radius 3 is 2.78 bits per heavy atom. The first-order valence-electron chi connectivity index (χ1n) is 5.79. The summed E-state index contributed by atoms with van der Waals surface area (Å²) in [6.45, 7) is 2.57. The maximum Gasteiger partial charge on any atom is 0.274 e. The van der Waals surface area contributed by atoms with Crippen LogP contribution in [0.25, 0.3) is 5.69 Å². The molecule has 5 nitrogen and oxygen atoms in total. The van der Waals surface area contributed by atoms with Crippen molar-refractivity contribution in [3.05, 3.63) is 42.2 Å². The molecule has 1 heterocycles. The van der Waals surface area contributed by atoms with Crippen molar-refractivity contribution >= 4 is 11.6 Å². The Balaban J connectivity index is 2.32. The van der Waals surface area contributed by atoms with Gasteiger partial charge in [0.2, 0.25) is 0 Å². The number of hydrogen-bond donors (Lipinski definition) is 1. The molecule has 5 heteroatoms. The summed E-state index contributed by atoms with van der Waals surface area (Å²) in [6, 6.07) is 9.10. The number of amides is 1. The van der Waals surface area contributed by atoms with Gasteiger partial charge in [0.25, 0.3) is 5.91 Å². The van der Waals surface area contributed by atoms with Gasteiger partial charge in [0.05, 0.1) is 11.4 Å². The van der Waals surface area contributed by atoms with Crippen molar-refractivity contribution in [1.29, 1.82) is 0 Å². The SMILES string of the molecule is CCN(C)C(=O)c1ccn(-c2ccccc2N)n1. The molecule has 94 valence electrons. The van der Waals surface area contributed by atoms with Crippen molar-refractivity contribution in [1.82, 2.24) is 14.7 Å². The largest absolute Gasteiger partial charge is 0.397 e. The van der Waals surface area contributed by atoms with Gasteiger partial charge in [-0.2, -0.15) is 5.10 Å². The lowest BCUT2D eigenvalue weighted by molar-refractivity contribution is 0.0796. The second-order valence-electron chi connectivity index (χ2n) is 4.02. The van der Waals surface area contributed by atoms with E-state index in [4.69, 9.17) is 5.73 Å². The molecule has 2 aromatic rings. The van der Waals surface area contributed by atoms with Crippen molar-refractivity contribution in [2.75, 3.05) is 19.3 Å². The topological polar surface area (TPSA) is 64.2 Å². The Bertz CT molecular complexity index is 562. The van der Waals surface area contributed by atoms with E-state index in [2.05, 4.69) is 5.10 Å². The summed E-state index contributed by atoms with van der Waals surface area (Å²) in [4.78, 5) is 13.5. The van der Waals surface area contributed by atoms with Gasteiger partial charge in [0.1, 0.15) is 0 Å². The first-order valence-corrected chi connectivity index (χ1v) is 5.79. The zero-order valence-corrected chi connectivity index (χ0v) is 10.5. The van der Waals surface area contributed by atoms with Crippen LogP contribution >= 0.6 is 0 Å². The van der Waals surface area contributed by atoms with E-state index in [0.29, 0.717) is 17.9 Å². The number of carbonyl (C=O) groups is 1. The number of nitrogens with two attached hydrogens (primary N) is 1. The molecule has 2 N–H and O–H groups in total. The first kappa shape index (κ1) is 12.2. The van der Waals surface area contributed by atoms with Gasteiger partial charge >= 0.3 is 0 Å². The maximum atomic E-state index is 11.9. The van der Waals surface area contributed by atoms with Crippen LogP contribution < -0.4 is 5.73 Å². The number of aromatic nitrogens is 2. The van der Waals surface area contributed by atoms with E-state index in [0.717, 1.165) is 5.69 Å². The van der Waals surface area contributed by atoms with Gasteiger partial charge in [-0.3, -0.25) is 4.79 Å². The minimum atomic E-state index is -0.0919. The molecule has 0 radical (unpaired) electrons. The minimum absolute atomic E-state index is 0.0919. The Labute approximate surface area is 106 Å². The summed E-state index contributed by atoms with van der Waals surface area (Å²) >= 11 is 0. The lowest BCUT2D eigenvalue weighted by Crippen LogP contribution is -2.26. The van der Waals surface area contributed by atoms with E-state index >= 15 is 0 Å². The van der Waals surface area contributed by atoms with Gasteiger partial charge in [0.15, 0.2) is 5.69 Å². The number of anilines is 1. The summed E-state index contributed by atoms with van der Waals surface area (Å²) in [5.74, 6) is -0.0919.